The van der Waals surface area contributed by atoms with Crippen LogP contribution < -0.4 is 75.3 Å². The van der Waals surface area contributed by atoms with E-state index < -0.39 is 198 Å². The monoisotopic (exact) mass is 1590 g/mol. The minimum Gasteiger partial charge on any atom is -0.394 e. The molecule has 0 bridgehead atoms. The third-order valence-corrected chi connectivity index (χ3v) is 20.6. The normalized spacial score (nSPS) is 22.8. The molecule has 610 valence electrons. The molecular weight excluding hydrogens is 1490 g/mol. The van der Waals surface area contributed by atoms with Gasteiger partial charge in [0, 0.05) is 103 Å². The Kier molecular flexibility index (Phi) is 32.7. The Bertz CT molecular complexity index is 4600. The maximum absolute atomic E-state index is 15.1. The van der Waals surface area contributed by atoms with Crippen molar-refractivity contribution in [2.75, 3.05) is 31.2 Å². The quantitative estimate of drug-likeness (QED) is 0.0261. The Morgan fingerprint density at radius 2 is 1.10 bits per heavy atom. The molecule has 1 aliphatic heterocycles. The average molecular weight is 1590 g/mol. The number of aliphatic hydroxyl groups is 1. The highest BCUT2D eigenvalue weighted by atomic mass is 32.2. The number of benzene rings is 4. The summed E-state index contributed by atoms with van der Waals surface area (Å²) >= 11 is 0.858. The maximum Gasteiger partial charge on any atom is 0.245 e. The standard InChI is InChI=1S/C79H103N19O15S/c1-7-8-20-56-65(101)33-53(42(2)3)70(105)93-61(31-49-35-86-55-22-14-12-19-52(49)55)77(112)98-68(43(4)5)78(113)97-64(69(80)104)39-114-40-67(103)90-59(29-45-24-25-46-16-9-10-17-47(46)28-45)74(109)92-57(23-15-26-84-79(81)82)72(107)96-63(38-99)71(106)87-37-66(102)89-62(32-50-36-83-41-88-50)76(111)94-58(27-44(6)100)73(108)95-60(75(110)91-56)30-48-34-85-54-21-13-11-18-51(48)54/h9-14,16-19,21-22,24-25,28,34-36,41-43,53,56-64,68,85-86,99H,7-8,15,20,23,26-27,29-33,37-40H2,1-6H3,(H2,80,104)(H,83,88)(H,87,106)(H,89,102)(H,90,103)(H,91,110)(H,92,109)(H,93,105)(H,94,111)(H,95,108)(H,96,107)(H,97,113)(H,98,112)(H4,81,82,84)/t53-,56+,57+,58-,59-,60-,61-,62-,63-,64-,68-/m0/s1. The van der Waals surface area contributed by atoms with E-state index in [9.17, 15) is 53.1 Å². The zero-order chi connectivity index (χ0) is 82.7. The number of aliphatic hydroxyl groups excluding tert-OH is 1. The zero-order valence-electron chi connectivity index (χ0n) is 64.5. The number of ketones is 2. The molecule has 0 aliphatic carbocycles. The smallest absolute Gasteiger partial charge is 0.245 e. The lowest BCUT2D eigenvalue weighted by Crippen LogP contribution is -2.59. The van der Waals surface area contributed by atoms with Crippen LogP contribution in [0.15, 0.2) is 116 Å². The van der Waals surface area contributed by atoms with Gasteiger partial charge in [0.2, 0.25) is 70.9 Å². The molecule has 0 unspecified atom stereocenters. The number of nitrogens with one attached hydrogen (secondary N) is 16. The van der Waals surface area contributed by atoms with Crippen LogP contribution in [-0.4, -0.2) is 205 Å². The summed E-state index contributed by atoms with van der Waals surface area (Å²) in [5.41, 5.74) is 14.8. The van der Waals surface area contributed by atoms with E-state index in [2.05, 4.69) is 83.7 Å². The number of hydrogen-bond acceptors (Lipinski definition) is 18. The number of para-hydroxylation sites is 2. The van der Waals surface area contributed by atoms with Gasteiger partial charge in [0.15, 0.2) is 11.7 Å². The Balaban J connectivity index is 1.15. The molecular formula is C79H103N19O15S. The SMILES string of the molecule is CCCC[C@H]1NC(=O)[C@H](Cc2c[nH]c3ccccc23)NC(=O)[C@H](CC(C)=O)NC(=O)[C@H](Cc2cnc[nH]2)NC(=O)CNC(=O)[C@H](CO)NC(=O)[C@@H](CCCNC(=N)N)NC(=O)[C@H](Cc2ccc3ccccc3c2)NC(=O)CSC[C@@H](C(N)=O)NC(=O)[C@H](C(C)C)NC(=O)[C@H](Cc2c[nH]c3ccccc23)NC(=O)[C@H](C(C)C)CC1=O. The predicted molar refractivity (Wildman–Crippen MR) is 427 cm³/mol. The van der Waals surface area contributed by atoms with Crippen molar-refractivity contribution >= 4 is 133 Å². The molecule has 8 rings (SSSR count). The summed E-state index contributed by atoms with van der Waals surface area (Å²) in [6.07, 6.45) is 4.94. The summed E-state index contributed by atoms with van der Waals surface area (Å²) in [7, 11) is 0. The van der Waals surface area contributed by atoms with E-state index in [0.29, 0.717) is 57.0 Å². The number of H-pyrrole nitrogens is 3. The average Bonchev–Trinajstić information content (AvgIpc) is 1.61. The summed E-state index contributed by atoms with van der Waals surface area (Å²) in [4.78, 5) is 215. The number of aromatic nitrogens is 4. The van der Waals surface area contributed by atoms with Gasteiger partial charge < -0.3 is 95.3 Å². The van der Waals surface area contributed by atoms with Gasteiger partial charge in [-0.2, -0.15) is 0 Å². The van der Waals surface area contributed by atoms with Gasteiger partial charge in [0.1, 0.15) is 60.2 Å². The largest absolute Gasteiger partial charge is 0.394 e. The fourth-order valence-electron chi connectivity index (χ4n) is 13.2. The third kappa shape index (κ3) is 25.8. The van der Waals surface area contributed by atoms with Gasteiger partial charge in [0.05, 0.1) is 31.3 Å². The lowest BCUT2D eigenvalue weighted by atomic mass is 9.86. The minimum absolute atomic E-state index is 0.0207. The van der Waals surface area contributed by atoms with E-state index in [1.165, 1.54) is 12.5 Å². The summed E-state index contributed by atoms with van der Waals surface area (Å²) in [5.74, 6) is -15.9. The molecule has 35 heteroatoms. The first kappa shape index (κ1) is 87.6. The molecule has 4 aromatic carbocycles. The van der Waals surface area contributed by atoms with Gasteiger partial charge in [-0.05, 0) is 77.6 Å². The number of nitrogens with zero attached hydrogens (tertiary/aromatic N) is 1. The van der Waals surface area contributed by atoms with E-state index in [0.717, 1.165) is 29.5 Å². The van der Waals surface area contributed by atoms with E-state index in [1.54, 1.807) is 82.6 Å². The summed E-state index contributed by atoms with van der Waals surface area (Å²) in [6, 6.07) is 12.0. The van der Waals surface area contributed by atoms with Crippen molar-refractivity contribution in [1.29, 1.82) is 5.41 Å². The number of hydrogen-bond donors (Lipinski definition) is 19. The van der Waals surface area contributed by atoms with Crippen molar-refractivity contribution < 1.29 is 72.2 Å². The molecule has 7 aromatic rings. The number of thioether (sulfide) groups is 1. The van der Waals surface area contributed by atoms with Crippen molar-refractivity contribution in [2.45, 2.75) is 173 Å². The van der Waals surface area contributed by atoms with Crippen LogP contribution in [0.3, 0.4) is 0 Å². The van der Waals surface area contributed by atoms with Gasteiger partial charge >= 0.3 is 0 Å². The molecule has 1 aliphatic rings. The molecule has 114 heavy (non-hydrogen) atoms. The van der Waals surface area contributed by atoms with Crippen LogP contribution in [0.4, 0.5) is 0 Å². The van der Waals surface area contributed by atoms with Gasteiger partial charge in [-0.15, -0.1) is 11.8 Å². The van der Waals surface area contributed by atoms with Crippen LogP contribution in [0.25, 0.3) is 32.6 Å². The van der Waals surface area contributed by atoms with Crippen LogP contribution in [0, 0.1) is 23.2 Å². The van der Waals surface area contributed by atoms with Crippen molar-refractivity contribution in [3.05, 3.63) is 138 Å². The number of amides is 12. The lowest BCUT2D eigenvalue weighted by molar-refractivity contribution is -0.137. The molecule has 1 fully saturated rings. The van der Waals surface area contributed by atoms with Crippen molar-refractivity contribution in [3.63, 3.8) is 0 Å². The maximum atomic E-state index is 15.1. The van der Waals surface area contributed by atoms with Crippen LogP contribution in [0.1, 0.15) is 109 Å². The number of guanidine groups is 1. The second kappa shape index (κ2) is 42.6. The number of carbonyl (C=O) groups is 14. The number of fused-ring (bicyclic) bond motifs is 3. The van der Waals surface area contributed by atoms with Gasteiger partial charge in [-0.1, -0.05) is 126 Å². The Hall–Kier alpha value is -12.0. The first-order valence-electron chi connectivity index (χ1n) is 37.9. The van der Waals surface area contributed by atoms with Crippen LogP contribution in [0.5, 0.6) is 0 Å². The number of aromatic amines is 3. The van der Waals surface area contributed by atoms with Crippen LogP contribution >= 0.6 is 11.8 Å². The number of nitrogens with two attached hydrogens (primary N) is 2. The number of unbranched alkanes of at least 4 members (excludes halogenated alkanes) is 1. The second-order valence-electron chi connectivity index (χ2n) is 29.1. The number of primary amides is 1. The highest BCUT2D eigenvalue weighted by Gasteiger charge is 2.39. The molecule has 1 saturated heterocycles. The van der Waals surface area contributed by atoms with Crippen molar-refractivity contribution in [2.24, 2.45) is 29.2 Å². The Morgan fingerprint density at radius 3 is 1.68 bits per heavy atom. The topological polar surface area (TPSA) is 540 Å². The number of rotatable bonds is 21. The van der Waals surface area contributed by atoms with E-state index in [1.807, 2.05) is 55.5 Å². The molecule has 21 N–H and O–H groups in total. The van der Waals surface area contributed by atoms with Crippen LogP contribution in [-0.2, 0) is 92.8 Å². The predicted octanol–water partition coefficient (Wildman–Crippen LogP) is 0.305. The molecule has 12 amide bonds. The second-order valence-corrected chi connectivity index (χ2v) is 30.1. The summed E-state index contributed by atoms with van der Waals surface area (Å²) in [5, 5.41) is 52.9. The van der Waals surface area contributed by atoms with E-state index in [-0.39, 0.29) is 57.2 Å². The van der Waals surface area contributed by atoms with Gasteiger partial charge in [-0.25, -0.2) is 4.98 Å². The lowest BCUT2D eigenvalue weighted by Gasteiger charge is -2.29. The van der Waals surface area contributed by atoms with Gasteiger partial charge in [0.25, 0.3) is 0 Å². The molecule has 0 saturated carbocycles. The summed E-state index contributed by atoms with van der Waals surface area (Å²) in [6.45, 7) is 7.78. The van der Waals surface area contributed by atoms with Crippen molar-refractivity contribution in [3.8, 4) is 0 Å². The van der Waals surface area contributed by atoms with Gasteiger partial charge in [-0.3, -0.25) is 72.5 Å². The third-order valence-electron chi connectivity index (χ3n) is 19.5. The summed E-state index contributed by atoms with van der Waals surface area (Å²) < 4.78 is 0. The highest BCUT2D eigenvalue weighted by molar-refractivity contribution is 8.00. The first-order chi connectivity index (χ1) is 54.5. The van der Waals surface area contributed by atoms with Crippen molar-refractivity contribution in [1.82, 2.24) is 83.7 Å². The fourth-order valence-corrected chi connectivity index (χ4v) is 14.1. The Labute approximate surface area is 662 Å². The molecule has 11 atom stereocenters. The first-order valence-corrected chi connectivity index (χ1v) is 39.1. The van der Waals surface area contributed by atoms with E-state index >= 15 is 19.2 Å². The fraction of sp³-hybridized carbons (Fsp3) is 0.443. The van der Waals surface area contributed by atoms with E-state index in [4.69, 9.17) is 16.9 Å². The number of imidazole rings is 1. The molecule has 0 radical (unpaired) electrons. The minimum atomic E-state index is -1.79. The Morgan fingerprint density at radius 1 is 0.561 bits per heavy atom. The highest BCUT2D eigenvalue weighted by Crippen LogP contribution is 2.25. The molecule has 3 aromatic heterocycles. The molecule has 0 spiro atoms. The molecule has 4 heterocycles. The number of carbonyl (C=O) groups excluding carboxylic acids is 14. The zero-order valence-corrected chi connectivity index (χ0v) is 65.3. The van der Waals surface area contributed by atoms with Crippen LogP contribution in [0.2, 0.25) is 0 Å². The number of Topliss-reactive ketones (excluding diaryl/α,β-unsaturated/α-hetero) is 2. The molecule has 34 nitrogen and oxygen atoms in total.